The molecule has 76 valence electrons. The fraction of sp³-hybridized carbons (Fsp3) is 0.222. The Morgan fingerprint density at radius 1 is 1.43 bits per heavy atom. The SMILES string of the molecule is O=C(NCCc1ccccc1)O[SiH2][SiH3]. The highest BCUT2D eigenvalue weighted by Crippen LogP contribution is 1.97. The zero-order valence-electron chi connectivity index (χ0n) is 8.32. The Morgan fingerprint density at radius 3 is 2.79 bits per heavy atom. The summed E-state index contributed by atoms with van der Waals surface area (Å²) < 4.78 is 4.93. The van der Waals surface area contributed by atoms with E-state index in [2.05, 4.69) is 17.4 Å². The summed E-state index contributed by atoms with van der Waals surface area (Å²) in [6, 6.07) is 10.1. The van der Waals surface area contributed by atoms with Gasteiger partial charge in [0.25, 0.3) is 0 Å². The van der Waals surface area contributed by atoms with Crippen molar-refractivity contribution in [3.05, 3.63) is 35.9 Å². The molecule has 0 saturated heterocycles. The van der Waals surface area contributed by atoms with Gasteiger partial charge < -0.3 is 9.74 Å². The lowest BCUT2D eigenvalue weighted by atomic mass is 10.1. The van der Waals surface area contributed by atoms with Gasteiger partial charge in [0, 0.05) is 16.3 Å². The van der Waals surface area contributed by atoms with Crippen molar-refractivity contribution in [2.45, 2.75) is 6.42 Å². The summed E-state index contributed by atoms with van der Waals surface area (Å²) in [5, 5.41) is 2.73. The Hall–Kier alpha value is -1.08. The van der Waals surface area contributed by atoms with E-state index in [4.69, 9.17) is 4.43 Å². The first-order valence-corrected chi connectivity index (χ1v) is 11.0. The average molecular weight is 225 g/mol. The van der Waals surface area contributed by atoms with Crippen molar-refractivity contribution in [2.75, 3.05) is 6.54 Å². The predicted molar refractivity (Wildman–Crippen MR) is 63.1 cm³/mol. The topological polar surface area (TPSA) is 38.3 Å². The highest BCUT2D eigenvalue weighted by Gasteiger charge is 1.98. The number of rotatable bonds is 4. The number of benzene rings is 1. The smallest absolute Gasteiger partial charge is 0.392 e. The summed E-state index contributed by atoms with van der Waals surface area (Å²) in [4.78, 5) is 11.0. The lowest BCUT2D eigenvalue weighted by Gasteiger charge is -2.05. The number of nitrogens with one attached hydrogen (secondary N) is 1. The molecule has 0 saturated carbocycles. The van der Waals surface area contributed by atoms with Crippen LogP contribution in [0.3, 0.4) is 0 Å². The third kappa shape index (κ3) is 4.24. The van der Waals surface area contributed by atoms with E-state index in [1.54, 1.807) is 0 Å². The molecule has 0 radical (unpaired) electrons. The van der Waals surface area contributed by atoms with E-state index in [-0.39, 0.29) is 6.09 Å². The van der Waals surface area contributed by atoms with Gasteiger partial charge >= 0.3 is 6.09 Å². The van der Waals surface area contributed by atoms with Crippen molar-refractivity contribution in [3.8, 4) is 0 Å². The molecule has 14 heavy (non-hydrogen) atoms. The molecule has 0 aliphatic rings. The van der Waals surface area contributed by atoms with Crippen LogP contribution >= 0.6 is 0 Å². The van der Waals surface area contributed by atoms with Gasteiger partial charge in [-0.05, 0) is 12.0 Å². The van der Waals surface area contributed by atoms with E-state index < -0.39 is 9.28 Å². The van der Waals surface area contributed by atoms with Crippen LogP contribution in [0.1, 0.15) is 5.56 Å². The molecule has 0 aromatic heterocycles. The summed E-state index contributed by atoms with van der Waals surface area (Å²) in [5.74, 6) is 0. The zero-order chi connectivity index (χ0) is 10.2. The van der Waals surface area contributed by atoms with Crippen molar-refractivity contribution >= 4 is 25.1 Å². The highest BCUT2D eigenvalue weighted by molar-refractivity contribution is 6.86. The molecule has 5 heteroatoms. The number of amides is 1. The maximum Gasteiger partial charge on any atom is 0.392 e. The summed E-state index contributed by atoms with van der Waals surface area (Å²) >= 11 is 0. The maximum absolute atomic E-state index is 11.0. The van der Waals surface area contributed by atoms with Crippen molar-refractivity contribution in [1.29, 1.82) is 0 Å². The molecule has 0 unspecified atom stereocenters. The largest absolute Gasteiger partial charge is 0.514 e. The molecular formula is C9H15NO2Si2. The van der Waals surface area contributed by atoms with Gasteiger partial charge in [-0.3, -0.25) is 0 Å². The number of hydrogen-bond donors (Lipinski definition) is 1. The molecule has 1 amide bonds. The molecule has 0 spiro atoms. The minimum absolute atomic E-state index is 0.248. The van der Waals surface area contributed by atoms with E-state index in [9.17, 15) is 4.79 Å². The minimum Gasteiger partial charge on any atom is -0.514 e. The zero-order valence-corrected chi connectivity index (χ0v) is 11.7. The van der Waals surface area contributed by atoms with Gasteiger partial charge in [-0.15, -0.1) is 0 Å². The molecule has 3 nitrogen and oxygen atoms in total. The number of hydrogen-bond acceptors (Lipinski definition) is 2. The lowest BCUT2D eigenvalue weighted by Crippen LogP contribution is -2.27. The third-order valence-electron chi connectivity index (χ3n) is 1.80. The van der Waals surface area contributed by atoms with Gasteiger partial charge in [0.15, 0.2) is 0 Å². The molecule has 1 aromatic rings. The lowest BCUT2D eigenvalue weighted by molar-refractivity contribution is 0.204. The van der Waals surface area contributed by atoms with Crippen LogP contribution < -0.4 is 5.32 Å². The quantitative estimate of drug-likeness (QED) is 0.690. The molecule has 0 atom stereocenters. The highest BCUT2D eigenvalue weighted by atomic mass is 29.1. The molecule has 1 N–H and O–H groups in total. The van der Waals surface area contributed by atoms with Crippen LogP contribution in [0, 0.1) is 0 Å². The molecule has 1 aromatic carbocycles. The van der Waals surface area contributed by atoms with Crippen LogP contribution in [0.5, 0.6) is 0 Å². The first-order valence-electron chi connectivity index (χ1n) is 4.77. The van der Waals surface area contributed by atoms with Crippen LogP contribution in [0.4, 0.5) is 4.79 Å². The minimum atomic E-state index is -0.497. The molecule has 0 bridgehead atoms. The predicted octanol–water partition coefficient (Wildman–Crippen LogP) is -0.681. The first kappa shape index (κ1) is 11.0. The van der Waals surface area contributed by atoms with Gasteiger partial charge in [-0.25, -0.2) is 4.79 Å². The van der Waals surface area contributed by atoms with Gasteiger partial charge in [0.05, 0.1) is 0 Å². The molecule has 0 fully saturated rings. The van der Waals surface area contributed by atoms with Crippen LogP contribution in [0.25, 0.3) is 0 Å². The fourth-order valence-corrected chi connectivity index (χ4v) is 2.29. The Morgan fingerprint density at radius 2 is 2.14 bits per heavy atom. The normalized spacial score (nSPS) is 10.6. The van der Waals surface area contributed by atoms with Crippen LogP contribution in [0.2, 0.25) is 0 Å². The van der Waals surface area contributed by atoms with Crippen molar-refractivity contribution in [3.63, 3.8) is 0 Å². The maximum atomic E-state index is 11.0. The standard InChI is InChI=1S/C9H15NO2Si2/c11-9(12-14-13)10-7-6-8-4-2-1-3-5-8/h1-5H,6-7,14H2,13H3,(H,10,11). The van der Waals surface area contributed by atoms with E-state index in [0.29, 0.717) is 6.54 Å². The fourth-order valence-electron chi connectivity index (χ4n) is 1.14. The average Bonchev–Trinajstić information content (AvgIpc) is 2.20. The van der Waals surface area contributed by atoms with Gasteiger partial charge in [-0.1, -0.05) is 30.3 Å². The molecule has 0 aliphatic carbocycles. The third-order valence-corrected chi connectivity index (χ3v) is 3.22. The van der Waals surface area contributed by atoms with Crippen LogP contribution in [-0.2, 0) is 10.8 Å². The van der Waals surface area contributed by atoms with Gasteiger partial charge in [0.1, 0.15) is 0 Å². The van der Waals surface area contributed by atoms with E-state index in [0.717, 1.165) is 16.2 Å². The monoisotopic (exact) mass is 225 g/mol. The van der Waals surface area contributed by atoms with Gasteiger partial charge in [0.2, 0.25) is 9.28 Å². The second kappa shape index (κ2) is 6.39. The molecule has 0 heterocycles. The van der Waals surface area contributed by atoms with Crippen molar-refractivity contribution in [2.24, 2.45) is 0 Å². The summed E-state index contributed by atoms with van der Waals surface area (Å²) in [6.45, 7) is 0.652. The Balaban J connectivity index is 2.19. The van der Waals surface area contributed by atoms with Crippen molar-refractivity contribution < 1.29 is 9.22 Å². The van der Waals surface area contributed by atoms with Crippen LogP contribution in [0.15, 0.2) is 30.3 Å². The number of carbonyl (C=O) groups is 1. The van der Waals surface area contributed by atoms with E-state index in [1.807, 2.05) is 18.2 Å². The van der Waals surface area contributed by atoms with Crippen molar-refractivity contribution in [1.82, 2.24) is 5.32 Å². The van der Waals surface area contributed by atoms with E-state index >= 15 is 0 Å². The van der Waals surface area contributed by atoms with E-state index in [1.165, 1.54) is 5.56 Å². The Bertz CT molecular complexity index is 279. The van der Waals surface area contributed by atoms with Gasteiger partial charge in [-0.2, -0.15) is 0 Å². The molecule has 0 aliphatic heterocycles. The van der Waals surface area contributed by atoms with Crippen LogP contribution in [-0.4, -0.2) is 31.7 Å². The summed E-state index contributed by atoms with van der Waals surface area (Å²) in [7, 11) is 0.530. The molecular weight excluding hydrogens is 210 g/mol. The summed E-state index contributed by atoms with van der Waals surface area (Å²) in [5.41, 5.74) is 1.23. The molecule has 1 rings (SSSR count). The summed E-state index contributed by atoms with van der Waals surface area (Å²) in [6.07, 6.45) is 0.612. The Labute approximate surface area is 89.0 Å². The second-order valence-corrected chi connectivity index (χ2v) is 5.48. The Kier molecular flexibility index (Phi) is 5.02. The second-order valence-electron chi connectivity index (χ2n) is 2.88. The first-order chi connectivity index (χ1) is 6.83. The number of carbonyl (C=O) groups excluding carboxylic acids is 1.